The van der Waals surface area contributed by atoms with Crippen molar-refractivity contribution in [2.24, 2.45) is 0 Å². The number of hydrogen-bond donors (Lipinski definition) is 1. The molecule has 0 aliphatic carbocycles. The molecule has 2 aromatic rings. The molecule has 0 spiro atoms. The molecule has 4 nitrogen and oxygen atoms in total. The highest BCUT2D eigenvalue weighted by molar-refractivity contribution is 5.79. The van der Waals surface area contributed by atoms with E-state index in [0.29, 0.717) is 19.6 Å². The van der Waals surface area contributed by atoms with E-state index >= 15 is 0 Å². The van der Waals surface area contributed by atoms with Gasteiger partial charge in [0, 0.05) is 25.3 Å². The fourth-order valence-corrected chi connectivity index (χ4v) is 2.93. The molecule has 1 fully saturated rings. The Balaban J connectivity index is 1.66. The maximum Gasteiger partial charge on any atom is 0.220 e. The quantitative estimate of drug-likeness (QED) is 0.887. The molecule has 126 valence electrons. The zero-order valence-electron chi connectivity index (χ0n) is 14.2. The van der Waals surface area contributed by atoms with Crippen LogP contribution in [0, 0.1) is 6.92 Å². The average Bonchev–Trinajstić information content (AvgIpc) is 3.03. The van der Waals surface area contributed by atoms with Gasteiger partial charge in [0.15, 0.2) is 11.5 Å². The molecule has 3 rings (SSSR count). The van der Waals surface area contributed by atoms with Crippen LogP contribution in [0.2, 0.25) is 0 Å². The fraction of sp³-hybridized carbons (Fsp3) is 0.350. The molecule has 2 aromatic carbocycles. The zero-order chi connectivity index (χ0) is 16.9. The van der Waals surface area contributed by atoms with Gasteiger partial charge in [-0.1, -0.05) is 35.9 Å². The molecule has 0 aromatic heterocycles. The number of carbonyl (C=O) groups is 1. The molecule has 1 unspecified atom stereocenters. The molecule has 0 radical (unpaired) electrons. The van der Waals surface area contributed by atoms with E-state index in [0.717, 1.165) is 23.5 Å². The number of methoxy groups -OCH3 is 1. The number of amides is 1. The lowest BCUT2D eigenvalue weighted by atomic mass is 9.98. The van der Waals surface area contributed by atoms with Gasteiger partial charge in [-0.2, -0.15) is 0 Å². The highest BCUT2D eigenvalue weighted by Gasteiger charge is 2.23. The van der Waals surface area contributed by atoms with Crippen molar-refractivity contribution in [2.45, 2.75) is 25.7 Å². The van der Waals surface area contributed by atoms with Crippen molar-refractivity contribution in [3.05, 3.63) is 59.2 Å². The van der Waals surface area contributed by atoms with Gasteiger partial charge in [-0.3, -0.25) is 4.79 Å². The molecule has 1 saturated heterocycles. The van der Waals surface area contributed by atoms with Crippen LogP contribution in [0.5, 0.6) is 11.5 Å². The number of ether oxygens (including phenoxy) is 2. The topological polar surface area (TPSA) is 47.6 Å². The first-order chi connectivity index (χ1) is 11.7. The van der Waals surface area contributed by atoms with E-state index in [1.54, 1.807) is 7.11 Å². The van der Waals surface area contributed by atoms with Gasteiger partial charge in [0.25, 0.3) is 0 Å². The minimum absolute atomic E-state index is 0.109. The monoisotopic (exact) mass is 325 g/mol. The lowest BCUT2D eigenvalue weighted by molar-refractivity contribution is -0.119. The van der Waals surface area contributed by atoms with Crippen molar-refractivity contribution in [2.75, 3.05) is 20.3 Å². The van der Waals surface area contributed by atoms with E-state index in [4.69, 9.17) is 9.47 Å². The highest BCUT2D eigenvalue weighted by atomic mass is 16.5. The summed E-state index contributed by atoms with van der Waals surface area (Å²) in [7, 11) is 1.64. The van der Waals surface area contributed by atoms with E-state index in [1.165, 1.54) is 11.1 Å². The van der Waals surface area contributed by atoms with Gasteiger partial charge in [0.05, 0.1) is 13.7 Å². The Morgan fingerprint density at radius 2 is 1.92 bits per heavy atom. The predicted molar refractivity (Wildman–Crippen MR) is 93.7 cm³/mol. The summed E-state index contributed by atoms with van der Waals surface area (Å²) >= 11 is 0. The molecule has 1 atom stereocenters. The van der Waals surface area contributed by atoms with E-state index in [2.05, 4.69) is 36.5 Å². The zero-order valence-corrected chi connectivity index (χ0v) is 14.2. The van der Waals surface area contributed by atoms with Crippen molar-refractivity contribution >= 4 is 5.91 Å². The van der Waals surface area contributed by atoms with Crippen LogP contribution in [0.15, 0.2) is 42.5 Å². The highest BCUT2D eigenvalue weighted by Crippen LogP contribution is 2.33. The molecule has 4 heteroatoms. The summed E-state index contributed by atoms with van der Waals surface area (Å²) in [6.07, 6.45) is 1.38. The Hall–Kier alpha value is -2.49. The number of nitrogens with one attached hydrogen (secondary N) is 1. The van der Waals surface area contributed by atoms with Crippen molar-refractivity contribution in [3.8, 4) is 11.5 Å². The van der Waals surface area contributed by atoms with E-state index in [9.17, 15) is 4.79 Å². The minimum atomic E-state index is 0.109. The summed E-state index contributed by atoms with van der Waals surface area (Å²) in [5.41, 5.74) is 3.62. The van der Waals surface area contributed by atoms with Crippen LogP contribution in [0.25, 0.3) is 0 Å². The molecule has 1 heterocycles. The molecule has 0 bridgehead atoms. The van der Waals surface area contributed by atoms with Gasteiger partial charge in [0.2, 0.25) is 5.91 Å². The summed E-state index contributed by atoms with van der Waals surface area (Å²) in [4.78, 5) is 11.4. The second-order valence-corrected chi connectivity index (χ2v) is 6.20. The van der Waals surface area contributed by atoms with Gasteiger partial charge >= 0.3 is 0 Å². The van der Waals surface area contributed by atoms with Gasteiger partial charge in [-0.05, 0) is 30.2 Å². The third kappa shape index (κ3) is 3.88. The van der Waals surface area contributed by atoms with Crippen molar-refractivity contribution in [3.63, 3.8) is 0 Å². The summed E-state index contributed by atoms with van der Waals surface area (Å²) in [5.74, 6) is 1.78. The molecular formula is C20H23NO3. The SMILES string of the molecule is COc1ccc(C2CNC(=O)C2)cc1OCCc1ccc(C)cc1. The smallest absolute Gasteiger partial charge is 0.220 e. The molecule has 1 amide bonds. The van der Waals surface area contributed by atoms with Crippen LogP contribution < -0.4 is 14.8 Å². The average molecular weight is 325 g/mol. The third-order valence-electron chi connectivity index (χ3n) is 4.41. The second kappa shape index (κ2) is 7.39. The second-order valence-electron chi connectivity index (χ2n) is 6.20. The number of hydrogen-bond acceptors (Lipinski definition) is 3. The van der Waals surface area contributed by atoms with Gasteiger partial charge in [-0.25, -0.2) is 0 Å². The maximum absolute atomic E-state index is 11.4. The van der Waals surface area contributed by atoms with Crippen molar-refractivity contribution in [1.29, 1.82) is 0 Å². The Morgan fingerprint density at radius 1 is 1.12 bits per heavy atom. The first kappa shape index (κ1) is 16.4. The Morgan fingerprint density at radius 3 is 2.58 bits per heavy atom. The molecule has 1 N–H and O–H groups in total. The van der Waals surface area contributed by atoms with Gasteiger partial charge in [-0.15, -0.1) is 0 Å². The lowest BCUT2D eigenvalue weighted by Gasteiger charge is -2.14. The Bertz CT molecular complexity index is 709. The van der Waals surface area contributed by atoms with Gasteiger partial charge in [0.1, 0.15) is 0 Å². The summed E-state index contributed by atoms with van der Waals surface area (Å²) in [6.45, 7) is 3.36. The van der Waals surface area contributed by atoms with Crippen LogP contribution in [-0.4, -0.2) is 26.2 Å². The van der Waals surface area contributed by atoms with Crippen LogP contribution in [0.4, 0.5) is 0 Å². The molecule has 1 aliphatic rings. The molecule has 24 heavy (non-hydrogen) atoms. The first-order valence-electron chi connectivity index (χ1n) is 8.28. The number of rotatable bonds is 6. The van der Waals surface area contributed by atoms with E-state index < -0.39 is 0 Å². The van der Waals surface area contributed by atoms with Crippen LogP contribution in [0.1, 0.15) is 29.0 Å². The Kier molecular flexibility index (Phi) is 5.04. The standard InChI is InChI=1S/C20H23NO3/c1-14-3-5-15(6-4-14)9-10-24-19-11-16(7-8-18(19)23-2)17-12-20(22)21-13-17/h3-8,11,17H,9-10,12-13H2,1-2H3,(H,21,22). The predicted octanol–water partition coefficient (Wildman–Crippen LogP) is 3.23. The fourth-order valence-electron chi connectivity index (χ4n) is 2.93. The summed E-state index contributed by atoms with van der Waals surface area (Å²) < 4.78 is 11.4. The summed E-state index contributed by atoms with van der Waals surface area (Å²) in [5, 5.41) is 2.87. The largest absolute Gasteiger partial charge is 0.493 e. The number of benzene rings is 2. The normalized spacial score (nSPS) is 16.8. The molecular weight excluding hydrogens is 302 g/mol. The van der Waals surface area contributed by atoms with Crippen molar-refractivity contribution in [1.82, 2.24) is 5.32 Å². The van der Waals surface area contributed by atoms with Crippen LogP contribution in [-0.2, 0) is 11.2 Å². The van der Waals surface area contributed by atoms with Crippen LogP contribution in [0.3, 0.4) is 0 Å². The first-order valence-corrected chi connectivity index (χ1v) is 8.28. The van der Waals surface area contributed by atoms with Gasteiger partial charge < -0.3 is 14.8 Å². The Labute approximate surface area is 142 Å². The lowest BCUT2D eigenvalue weighted by Crippen LogP contribution is -2.13. The van der Waals surface area contributed by atoms with E-state index in [1.807, 2.05) is 18.2 Å². The van der Waals surface area contributed by atoms with E-state index in [-0.39, 0.29) is 11.8 Å². The van der Waals surface area contributed by atoms with Crippen LogP contribution >= 0.6 is 0 Å². The maximum atomic E-state index is 11.4. The summed E-state index contributed by atoms with van der Waals surface area (Å²) in [6, 6.07) is 14.4. The molecule has 1 aliphatic heterocycles. The number of carbonyl (C=O) groups excluding carboxylic acids is 1. The molecule has 0 saturated carbocycles. The number of aryl methyl sites for hydroxylation is 1. The minimum Gasteiger partial charge on any atom is -0.493 e. The van der Waals surface area contributed by atoms with Crippen molar-refractivity contribution < 1.29 is 14.3 Å². The third-order valence-corrected chi connectivity index (χ3v) is 4.41.